The Hall–Kier alpha value is -10.0. The van der Waals surface area contributed by atoms with Gasteiger partial charge in [0.2, 0.25) is 41.4 Å². The molecule has 0 radical (unpaired) electrons. The first-order valence-corrected chi connectivity index (χ1v) is 37.8. The van der Waals surface area contributed by atoms with Crippen LogP contribution in [0, 0.1) is 17.8 Å². The maximum Gasteiger partial charge on any atom is 0.327 e. The van der Waals surface area contributed by atoms with Crippen LogP contribution in [0.4, 0.5) is 11.6 Å². The lowest BCUT2D eigenvalue weighted by atomic mass is 9.89. The summed E-state index contributed by atoms with van der Waals surface area (Å²) in [5.41, 5.74) is 5.43. The van der Waals surface area contributed by atoms with Crippen molar-refractivity contribution in [2.24, 2.45) is 17.8 Å². The van der Waals surface area contributed by atoms with E-state index in [2.05, 4.69) is 62.5 Å². The zero-order valence-corrected chi connectivity index (χ0v) is 63.9. The van der Waals surface area contributed by atoms with Crippen molar-refractivity contribution >= 4 is 117 Å². The summed E-state index contributed by atoms with van der Waals surface area (Å²) >= 11 is 0.954. The van der Waals surface area contributed by atoms with Gasteiger partial charge in [-0.3, -0.25) is 67.3 Å². The number of thioether (sulfide) groups is 1. The molecule has 0 saturated carbocycles. The van der Waals surface area contributed by atoms with Gasteiger partial charge in [-0.2, -0.15) is 16.7 Å². The molecule has 30 N–H and O–H groups in total. The van der Waals surface area contributed by atoms with Gasteiger partial charge in [0.25, 0.3) is 11.5 Å². The Morgan fingerprint density at radius 1 is 0.462 bits per heavy atom. The fraction of sp³-hybridized carbons (Fsp3) is 0.623. The van der Waals surface area contributed by atoms with E-state index in [1.807, 2.05) is 0 Å². The van der Waals surface area contributed by atoms with E-state index >= 15 is 0 Å². The smallest absolute Gasteiger partial charge is 0.327 e. The number of nitrogens with two attached hydrogens (primary N) is 1. The van der Waals surface area contributed by atoms with Crippen LogP contribution in [0.25, 0.3) is 11.2 Å². The van der Waals surface area contributed by atoms with Crippen LogP contribution in [0.15, 0.2) is 35.3 Å². The molecule has 0 fully saturated rings. The highest BCUT2D eigenvalue weighted by Gasteiger charge is 2.38. The molecule has 0 aliphatic carbocycles. The van der Waals surface area contributed by atoms with Crippen molar-refractivity contribution in [1.29, 1.82) is 0 Å². The van der Waals surface area contributed by atoms with Gasteiger partial charge in [-0.25, -0.2) is 19.6 Å². The maximum atomic E-state index is 14.8. The minimum Gasteiger partial charge on any atom is -0.481 e. The number of hydrogen-bond acceptors (Lipinski definition) is 36. The predicted octanol–water partition coefficient (Wildman–Crippen LogP) is -10.8. The van der Waals surface area contributed by atoms with E-state index in [4.69, 9.17) is 10.8 Å². The standard InChI is InChI=1S/C69H103N13O34S/c1-117-29-40(68(115)116)80-65(111)33(6-15-51(97)74-25-45(91)57(104)60(107)48(94)28-85)20-42(88)38(12-17-53(100)101)78-64(110)32(5-14-50(96)73-24-44(90)56(103)59(106)47(93)27-84)19-41(87)37(11-16-52(98)99)77-63(109)31(4-13-49(95)72-23-43(89)55(102)58(105)46(92)26-83)18-36(86)9-10-39(67(113)114)79-62(108)30-2-7-34(8-3-30)71-21-35-22-75-61-54(76-35)66(112)82-69(70)81-61/h2-3,7-8,22,31-33,37-40,43-48,55-60,71,83-85,89-94,102-107H,4-6,9-21,23-29H2,1H3,(H,72,95)(H,73,96)(H,74,97)(H,77,109)(H,78,110)(H,79,108)(H,80,111)(H,98,99)(H,100,101)(H,113,114)(H,115,116)(H3,70,75,81,82,112)/t31-,32-,33-,37+,38+,39+,40+,43+,44+,45+,46-,47-,48-,55-,56-,57-,58-,59-,60-/m1/s1. The fourth-order valence-corrected chi connectivity index (χ4v) is 11.7. The number of carbonyl (C=O) groups is 14. The molecular formula is C69H103N13O34S. The van der Waals surface area contributed by atoms with Crippen LogP contribution in [0.3, 0.4) is 0 Å². The first kappa shape index (κ1) is 101. The van der Waals surface area contributed by atoms with Gasteiger partial charge in [0.15, 0.2) is 22.7 Å². The summed E-state index contributed by atoms with van der Waals surface area (Å²) < 4.78 is 0. The molecule has 654 valence electrons. The Balaban J connectivity index is 2.06. The number of anilines is 2. The van der Waals surface area contributed by atoms with Gasteiger partial charge >= 0.3 is 23.9 Å². The Bertz CT molecular complexity index is 3890. The van der Waals surface area contributed by atoms with E-state index in [9.17, 15) is 164 Å². The second-order valence-corrected chi connectivity index (χ2v) is 28.2. The van der Waals surface area contributed by atoms with E-state index in [0.29, 0.717) is 11.4 Å². The van der Waals surface area contributed by atoms with Crippen molar-refractivity contribution in [3.05, 3.63) is 52.1 Å². The number of fused-ring (bicyclic) bond motifs is 1. The van der Waals surface area contributed by atoms with Crippen molar-refractivity contribution in [1.82, 2.24) is 57.2 Å². The number of aliphatic carboxylic acids is 4. The Kier molecular flexibility index (Phi) is 44.3. The van der Waals surface area contributed by atoms with Crippen LogP contribution < -0.4 is 53.8 Å². The summed E-state index contributed by atoms with van der Waals surface area (Å²) in [7, 11) is 0. The molecule has 117 heavy (non-hydrogen) atoms. The summed E-state index contributed by atoms with van der Waals surface area (Å²) in [4.78, 5) is 216. The number of aromatic amines is 1. The summed E-state index contributed by atoms with van der Waals surface area (Å²) in [6.07, 6.45) is -34.9. The molecular weight excluding hydrogens is 1590 g/mol. The van der Waals surface area contributed by atoms with E-state index in [-0.39, 0.29) is 35.0 Å². The summed E-state index contributed by atoms with van der Waals surface area (Å²) in [6.45, 7) is -5.80. The zero-order chi connectivity index (χ0) is 88.1. The molecule has 48 heteroatoms. The summed E-state index contributed by atoms with van der Waals surface area (Å²) in [6, 6.07) is -2.04. The fourth-order valence-electron chi connectivity index (χ4n) is 11.2. The quantitative estimate of drug-likeness (QED) is 0.0249. The third-order valence-electron chi connectivity index (χ3n) is 18.2. The van der Waals surface area contributed by atoms with Gasteiger partial charge in [-0.05, 0) is 69.0 Å². The summed E-state index contributed by atoms with van der Waals surface area (Å²) in [5.74, 6) is -23.8. The number of aromatic nitrogens is 4. The van der Waals surface area contributed by atoms with Crippen molar-refractivity contribution in [3.8, 4) is 0 Å². The number of carboxylic acids is 4. The lowest BCUT2D eigenvalue weighted by Crippen LogP contribution is -2.50. The topological polar surface area (TPSA) is 817 Å². The predicted molar refractivity (Wildman–Crippen MR) is 399 cm³/mol. The largest absolute Gasteiger partial charge is 0.481 e. The van der Waals surface area contributed by atoms with Crippen molar-refractivity contribution < 1.29 is 164 Å². The summed E-state index contributed by atoms with van der Waals surface area (Å²) in [5, 5.41) is 207. The molecule has 0 saturated heterocycles. The van der Waals surface area contributed by atoms with Gasteiger partial charge in [0.1, 0.15) is 72.8 Å². The van der Waals surface area contributed by atoms with Crippen LogP contribution in [-0.2, 0) is 68.9 Å². The number of aliphatic hydroxyl groups excluding tert-OH is 15. The highest BCUT2D eigenvalue weighted by molar-refractivity contribution is 7.98. The Morgan fingerprint density at radius 3 is 1.21 bits per heavy atom. The molecule has 3 aromatic rings. The Labute approximate surface area is 668 Å². The molecule has 0 spiro atoms. The minimum absolute atomic E-state index is 0.0103. The number of ketones is 3. The lowest BCUT2D eigenvalue weighted by molar-refractivity contribution is -0.142. The number of nitrogen functional groups attached to an aromatic ring is 1. The van der Waals surface area contributed by atoms with E-state index in [1.165, 1.54) is 36.7 Å². The second kappa shape index (κ2) is 51.2. The molecule has 3 rings (SSSR count). The van der Waals surface area contributed by atoms with E-state index < -0.39 is 339 Å². The SMILES string of the molecule is CSC[C@H](NC(=O)[C@H](CCC(=O)NC[C@H](O)[C@@H](O)[C@H](O)[C@H](O)CO)CC(=O)[C@H](CCC(=O)O)NC(=O)[C@H](CCC(=O)NC[C@H](O)[C@@H](O)[C@H](O)[C@H](O)CO)CC(=O)[C@H](CCC(=O)O)NC(=O)[C@H](CCC(=O)NC[C@H](O)[C@@H](O)[C@H](O)[C@H](O)CO)CC(=O)CC[C@H](NC(=O)c1ccc(NCc2cnc3nc(N)[nH]c(=O)c3n2)cc1)C(=O)O)C(=O)O. The average Bonchev–Trinajstić information content (AvgIpc) is 0.812. The van der Waals surface area contributed by atoms with Crippen LogP contribution in [0.5, 0.6) is 0 Å². The average molecular weight is 1690 g/mol. The Morgan fingerprint density at radius 2 is 0.838 bits per heavy atom. The number of carboxylic acid groups (broad SMARTS) is 4. The molecule has 2 heterocycles. The lowest BCUT2D eigenvalue weighted by Gasteiger charge is -2.26. The van der Waals surface area contributed by atoms with Crippen molar-refractivity contribution in [2.75, 3.05) is 62.5 Å². The number of amides is 7. The third kappa shape index (κ3) is 35.4. The third-order valence-corrected chi connectivity index (χ3v) is 18.9. The molecule has 1 aromatic carbocycles. The highest BCUT2D eigenvalue weighted by atomic mass is 32.2. The number of nitrogens with one attached hydrogen (secondary N) is 9. The minimum atomic E-state index is -2.22. The molecule has 0 unspecified atom stereocenters. The van der Waals surface area contributed by atoms with Crippen LogP contribution >= 0.6 is 11.8 Å². The highest BCUT2D eigenvalue weighted by Crippen LogP contribution is 2.23. The van der Waals surface area contributed by atoms with Crippen LogP contribution in [-0.4, -0.2) is 348 Å². The molecule has 0 aliphatic heterocycles. The maximum absolute atomic E-state index is 14.8. The number of aliphatic hydroxyl groups is 15. The number of benzene rings is 1. The van der Waals surface area contributed by atoms with Gasteiger partial charge in [0.05, 0.1) is 68.7 Å². The molecule has 0 aliphatic rings. The number of hydrogen-bond donors (Lipinski definition) is 29. The van der Waals surface area contributed by atoms with Gasteiger partial charge in [-0.15, -0.1) is 0 Å². The second-order valence-electron chi connectivity index (χ2n) is 27.3. The first-order valence-electron chi connectivity index (χ1n) is 36.4. The van der Waals surface area contributed by atoms with Crippen molar-refractivity contribution in [3.63, 3.8) is 0 Å². The van der Waals surface area contributed by atoms with Gasteiger partial charge in [-0.1, -0.05) is 0 Å². The van der Waals surface area contributed by atoms with E-state index in [0.717, 1.165) is 11.8 Å². The zero-order valence-electron chi connectivity index (χ0n) is 63.1. The van der Waals surface area contributed by atoms with Gasteiger partial charge < -0.3 is 145 Å². The molecule has 19 atom stereocenters. The van der Waals surface area contributed by atoms with Crippen molar-refractivity contribution in [2.45, 2.75) is 200 Å². The molecule has 47 nitrogen and oxygen atoms in total. The molecule has 2 aromatic heterocycles. The number of nitrogens with zero attached hydrogens (tertiary/aromatic N) is 3. The number of Topliss-reactive ketones (excluding diaryl/α,β-unsaturated/α-hetero) is 3. The molecule has 0 bridgehead atoms. The molecule has 7 amide bonds. The number of rotatable bonds is 59. The number of H-pyrrole nitrogens is 1. The first-order chi connectivity index (χ1) is 55.0. The normalized spacial score (nSPS) is 16.4. The van der Waals surface area contributed by atoms with Crippen LogP contribution in [0.2, 0.25) is 0 Å². The van der Waals surface area contributed by atoms with E-state index in [1.54, 1.807) is 0 Å². The van der Waals surface area contributed by atoms with Crippen LogP contribution in [0.1, 0.15) is 112 Å². The number of carbonyl (C=O) groups excluding carboxylic acids is 10. The van der Waals surface area contributed by atoms with Gasteiger partial charge in [0, 0.05) is 112 Å². The monoisotopic (exact) mass is 1690 g/mol.